The van der Waals surface area contributed by atoms with Gasteiger partial charge in [0.2, 0.25) is 0 Å². The van der Waals surface area contributed by atoms with E-state index in [1.165, 1.54) is 31.2 Å². The van der Waals surface area contributed by atoms with E-state index >= 15 is 0 Å². The predicted molar refractivity (Wildman–Crippen MR) is 121 cm³/mol. The van der Waals surface area contributed by atoms with Crippen LogP contribution in [0.2, 0.25) is 5.02 Å². The van der Waals surface area contributed by atoms with Gasteiger partial charge in [0, 0.05) is 6.54 Å². The summed E-state index contributed by atoms with van der Waals surface area (Å²) in [5.74, 6) is -1.44. The molecule has 0 saturated heterocycles. The van der Waals surface area contributed by atoms with Gasteiger partial charge in [-0.1, -0.05) is 42.0 Å². The van der Waals surface area contributed by atoms with Crippen LogP contribution < -0.4 is 9.62 Å². The molecule has 7 nitrogen and oxygen atoms in total. The van der Waals surface area contributed by atoms with E-state index in [-0.39, 0.29) is 28.6 Å². The first-order chi connectivity index (χ1) is 14.7. The van der Waals surface area contributed by atoms with Crippen LogP contribution in [0.4, 0.5) is 5.69 Å². The maximum Gasteiger partial charge on any atom is 0.340 e. The number of rotatable bonds is 10. The summed E-state index contributed by atoms with van der Waals surface area (Å²) in [6.07, 6.45) is 1.84. The Kier molecular flexibility index (Phi) is 8.41. The molecule has 0 aliphatic heterocycles. The quantitative estimate of drug-likeness (QED) is 0.430. The number of esters is 1. The molecule has 0 spiro atoms. The van der Waals surface area contributed by atoms with Crippen LogP contribution in [-0.4, -0.2) is 39.5 Å². The molecule has 0 radical (unpaired) electrons. The minimum Gasteiger partial charge on any atom is -0.449 e. The number of anilines is 1. The smallest absolute Gasteiger partial charge is 0.340 e. The number of para-hydroxylation sites is 1. The standard InChI is InChI=1S/C22H23ClN2O5S/c1-4-13-24-21(26)16(3)30-22(27)19-15-18(11-12-20(19)23)31(28,29)25(14-5-2)17-9-7-6-8-10-17/h4-12,15-16H,1-2,13-14H2,3H3,(H,24,26). The number of hydrogen-bond donors (Lipinski definition) is 1. The second kappa shape index (κ2) is 10.8. The summed E-state index contributed by atoms with van der Waals surface area (Å²) in [6, 6.07) is 12.2. The van der Waals surface area contributed by atoms with Crippen LogP contribution in [0.1, 0.15) is 17.3 Å². The average Bonchev–Trinajstić information content (AvgIpc) is 2.76. The molecule has 0 heterocycles. The summed E-state index contributed by atoms with van der Waals surface area (Å²) in [5.41, 5.74) is 0.270. The van der Waals surface area contributed by atoms with Gasteiger partial charge in [-0.3, -0.25) is 9.10 Å². The largest absolute Gasteiger partial charge is 0.449 e. The Morgan fingerprint density at radius 2 is 1.84 bits per heavy atom. The first kappa shape index (κ1) is 24.2. The summed E-state index contributed by atoms with van der Waals surface area (Å²) >= 11 is 6.11. The third kappa shape index (κ3) is 5.96. The van der Waals surface area contributed by atoms with E-state index < -0.39 is 28.0 Å². The van der Waals surface area contributed by atoms with Gasteiger partial charge in [0.15, 0.2) is 6.10 Å². The van der Waals surface area contributed by atoms with Gasteiger partial charge in [-0.2, -0.15) is 0 Å². The van der Waals surface area contributed by atoms with Crippen LogP contribution in [-0.2, 0) is 19.6 Å². The minimum absolute atomic E-state index is 0.00219. The van der Waals surface area contributed by atoms with Crippen molar-refractivity contribution in [2.45, 2.75) is 17.9 Å². The predicted octanol–water partition coefficient (Wildman–Crippen LogP) is 3.57. The third-order valence-corrected chi connectivity index (χ3v) is 6.28. The molecule has 0 fully saturated rings. The summed E-state index contributed by atoms with van der Waals surface area (Å²) in [4.78, 5) is 24.3. The summed E-state index contributed by atoms with van der Waals surface area (Å²) in [5, 5.41) is 2.50. The molecule has 0 aromatic heterocycles. The fourth-order valence-corrected chi connectivity index (χ4v) is 4.25. The van der Waals surface area contributed by atoms with Crippen LogP contribution in [0.5, 0.6) is 0 Å². The number of sulfonamides is 1. The Labute approximate surface area is 187 Å². The number of carbonyl (C=O) groups is 2. The van der Waals surface area contributed by atoms with Crippen molar-refractivity contribution in [2.24, 2.45) is 0 Å². The van der Waals surface area contributed by atoms with Crippen molar-refractivity contribution in [1.82, 2.24) is 5.32 Å². The molecular weight excluding hydrogens is 440 g/mol. The zero-order valence-corrected chi connectivity index (χ0v) is 18.5. The van der Waals surface area contributed by atoms with Crippen LogP contribution in [0.3, 0.4) is 0 Å². The van der Waals surface area contributed by atoms with Crippen LogP contribution in [0.25, 0.3) is 0 Å². The Bertz CT molecular complexity index is 1070. The monoisotopic (exact) mass is 462 g/mol. The number of carbonyl (C=O) groups excluding carboxylic acids is 2. The molecule has 9 heteroatoms. The number of halogens is 1. The highest BCUT2D eigenvalue weighted by Gasteiger charge is 2.27. The van der Waals surface area contributed by atoms with Crippen molar-refractivity contribution in [3.05, 3.63) is 84.4 Å². The number of benzene rings is 2. The number of nitrogens with zero attached hydrogens (tertiary/aromatic N) is 1. The first-order valence-corrected chi connectivity index (χ1v) is 11.1. The van der Waals surface area contributed by atoms with Crippen LogP contribution in [0, 0.1) is 0 Å². The number of hydrogen-bond acceptors (Lipinski definition) is 5. The lowest BCUT2D eigenvalue weighted by atomic mass is 10.2. The molecule has 0 aliphatic carbocycles. The van der Waals surface area contributed by atoms with Gasteiger partial charge in [0.05, 0.1) is 27.7 Å². The minimum atomic E-state index is -4.04. The normalized spacial score (nSPS) is 11.8. The first-order valence-electron chi connectivity index (χ1n) is 9.30. The lowest BCUT2D eigenvalue weighted by Crippen LogP contribution is -2.36. The van der Waals surface area contributed by atoms with Gasteiger partial charge < -0.3 is 10.1 Å². The van der Waals surface area contributed by atoms with Gasteiger partial charge in [-0.05, 0) is 37.3 Å². The fraction of sp³-hybridized carbons (Fsp3) is 0.182. The highest BCUT2D eigenvalue weighted by Crippen LogP contribution is 2.27. The SMILES string of the molecule is C=CCNC(=O)C(C)OC(=O)c1cc(S(=O)(=O)N(CC=C)c2ccccc2)ccc1Cl. The topological polar surface area (TPSA) is 92.8 Å². The van der Waals surface area contributed by atoms with Crippen molar-refractivity contribution in [2.75, 3.05) is 17.4 Å². The molecule has 1 N–H and O–H groups in total. The van der Waals surface area contributed by atoms with Gasteiger partial charge in [0.1, 0.15) is 0 Å². The molecule has 2 aromatic carbocycles. The lowest BCUT2D eigenvalue weighted by molar-refractivity contribution is -0.128. The van der Waals surface area contributed by atoms with Crippen molar-refractivity contribution in [3.8, 4) is 0 Å². The number of ether oxygens (including phenoxy) is 1. The number of amides is 1. The summed E-state index contributed by atoms with van der Waals surface area (Å²) in [7, 11) is -4.04. The summed E-state index contributed by atoms with van der Waals surface area (Å²) < 4.78 is 32.8. The van der Waals surface area contributed by atoms with E-state index in [2.05, 4.69) is 18.5 Å². The van der Waals surface area contributed by atoms with E-state index in [9.17, 15) is 18.0 Å². The maximum atomic E-state index is 13.3. The molecule has 164 valence electrons. The summed E-state index contributed by atoms with van der Waals surface area (Å²) in [6.45, 7) is 8.74. The molecule has 0 saturated carbocycles. The number of nitrogens with one attached hydrogen (secondary N) is 1. The maximum absolute atomic E-state index is 13.3. The van der Waals surface area contributed by atoms with Crippen molar-refractivity contribution in [1.29, 1.82) is 0 Å². The lowest BCUT2D eigenvalue weighted by Gasteiger charge is -2.23. The van der Waals surface area contributed by atoms with Gasteiger partial charge in [-0.15, -0.1) is 13.2 Å². The Morgan fingerprint density at radius 3 is 2.45 bits per heavy atom. The second-order valence-corrected chi connectivity index (χ2v) is 8.65. The fourth-order valence-electron chi connectivity index (χ4n) is 2.60. The molecule has 0 aliphatic rings. The zero-order chi connectivity index (χ0) is 23.0. The van der Waals surface area contributed by atoms with Crippen LogP contribution in [0.15, 0.2) is 78.7 Å². The average molecular weight is 463 g/mol. The van der Waals surface area contributed by atoms with E-state index in [4.69, 9.17) is 16.3 Å². The zero-order valence-electron chi connectivity index (χ0n) is 17.0. The second-order valence-electron chi connectivity index (χ2n) is 6.38. The van der Waals surface area contributed by atoms with Crippen molar-refractivity contribution < 1.29 is 22.7 Å². The van der Waals surface area contributed by atoms with E-state index in [1.54, 1.807) is 30.3 Å². The molecule has 2 rings (SSSR count). The van der Waals surface area contributed by atoms with Gasteiger partial charge in [0.25, 0.3) is 15.9 Å². The van der Waals surface area contributed by atoms with Gasteiger partial charge in [-0.25, -0.2) is 13.2 Å². The molecule has 31 heavy (non-hydrogen) atoms. The van der Waals surface area contributed by atoms with Crippen molar-refractivity contribution >= 4 is 39.2 Å². The van der Waals surface area contributed by atoms with Crippen LogP contribution >= 0.6 is 11.6 Å². The highest BCUT2D eigenvalue weighted by atomic mass is 35.5. The molecule has 1 atom stereocenters. The Balaban J connectivity index is 2.36. The van der Waals surface area contributed by atoms with Gasteiger partial charge >= 0.3 is 5.97 Å². The Hall–Kier alpha value is -3.10. The van der Waals surface area contributed by atoms with E-state index in [1.807, 2.05) is 0 Å². The third-order valence-electron chi connectivity index (χ3n) is 4.16. The van der Waals surface area contributed by atoms with E-state index in [0.717, 1.165) is 10.4 Å². The highest BCUT2D eigenvalue weighted by molar-refractivity contribution is 7.92. The molecule has 0 bridgehead atoms. The Morgan fingerprint density at radius 1 is 1.16 bits per heavy atom. The molecule has 1 unspecified atom stereocenters. The molecule has 2 aromatic rings. The molecular formula is C22H23ClN2O5S. The molecule has 1 amide bonds. The van der Waals surface area contributed by atoms with E-state index in [0.29, 0.717) is 5.69 Å². The van der Waals surface area contributed by atoms with Crippen molar-refractivity contribution in [3.63, 3.8) is 0 Å².